The van der Waals surface area contributed by atoms with E-state index in [-0.39, 0.29) is 5.82 Å². The van der Waals surface area contributed by atoms with Gasteiger partial charge in [-0.15, -0.1) is 0 Å². The lowest BCUT2D eigenvalue weighted by atomic mass is 10.2. The molecule has 0 fully saturated rings. The molecule has 1 aromatic heterocycles. The van der Waals surface area contributed by atoms with E-state index in [2.05, 4.69) is 37.0 Å². The maximum atomic E-state index is 13.7. The predicted octanol–water partition coefficient (Wildman–Crippen LogP) is 4.75. The van der Waals surface area contributed by atoms with Crippen molar-refractivity contribution in [3.63, 3.8) is 0 Å². The molecule has 1 heterocycles. The molecule has 0 radical (unpaired) electrons. The van der Waals surface area contributed by atoms with Gasteiger partial charge in [0.15, 0.2) is 0 Å². The Hall–Kier alpha value is -1.20. The summed E-state index contributed by atoms with van der Waals surface area (Å²) < 4.78 is 16.6. The van der Waals surface area contributed by atoms with E-state index in [9.17, 15) is 4.39 Å². The molecule has 5 heteroatoms. The van der Waals surface area contributed by atoms with Gasteiger partial charge >= 0.3 is 0 Å². The van der Waals surface area contributed by atoms with Gasteiger partial charge in [0.25, 0.3) is 0 Å². The van der Waals surface area contributed by atoms with Crippen LogP contribution in [-0.2, 0) is 6.54 Å². The highest BCUT2D eigenvalue weighted by Crippen LogP contribution is 2.29. The number of hydrogen-bond donors (Lipinski definition) is 0. The molecule has 0 N–H and O–H groups in total. The number of fused-ring (bicyclic) bond motifs is 1. The van der Waals surface area contributed by atoms with Gasteiger partial charge in [0.1, 0.15) is 10.4 Å². The van der Waals surface area contributed by atoms with Crippen molar-refractivity contribution in [2.45, 2.75) is 6.54 Å². The van der Waals surface area contributed by atoms with Gasteiger partial charge in [-0.1, -0.05) is 30.3 Å². The third-order valence-corrected chi connectivity index (χ3v) is 4.12. The van der Waals surface area contributed by atoms with Crippen LogP contribution in [0.4, 0.5) is 4.39 Å². The molecule has 0 aliphatic heterocycles. The van der Waals surface area contributed by atoms with Crippen molar-refractivity contribution < 1.29 is 4.39 Å². The number of aromatic nitrogens is 2. The van der Waals surface area contributed by atoms with E-state index in [1.807, 2.05) is 30.3 Å². The van der Waals surface area contributed by atoms with E-state index >= 15 is 0 Å². The molecule has 0 saturated heterocycles. The van der Waals surface area contributed by atoms with Crippen molar-refractivity contribution in [3.8, 4) is 0 Å². The molecule has 0 aliphatic carbocycles. The van der Waals surface area contributed by atoms with Gasteiger partial charge < -0.3 is 0 Å². The van der Waals surface area contributed by atoms with Crippen LogP contribution < -0.4 is 0 Å². The van der Waals surface area contributed by atoms with Crippen LogP contribution in [0.15, 0.2) is 51.5 Å². The maximum Gasteiger partial charge on any atom is 0.139 e. The van der Waals surface area contributed by atoms with Crippen LogP contribution in [0.2, 0.25) is 0 Å². The quantitative estimate of drug-likeness (QED) is 0.624. The van der Waals surface area contributed by atoms with Crippen molar-refractivity contribution >= 4 is 42.8 Å². The molecule has 19 heavy (non-hydrogen) atoms. The Kier molecular flexibility index (Phi) is 3.41. The van der Waals surface area contributed by atoms with Crippen LogP contribution in [-0.4, -0.2) is 9.78 Å². The van der Waals surface area contributed by atoms with Gasteiger partial charge in [0, 0.05) is 11.5 Å². The second-order valence-electron chi connectivity index (χ2n) is 4.22. The Bertz CT molecular complexity index is 738. The van der Waals surface area contributed by atoms with Crippen molar-refractivity contribution in [2.75, 3.05) is 0 Å². The van der Waals surface area contributed by atoms with Gasteiger partial charge in [-0.2, -0.15) is 5.10 Å². The monoisotopic (exact) mass is 382 g/mol. The first-order valence-corrected chi connectivity index (χ1v) is 7.29. The summed E-state index contributed by atoms with van der Waals surface area (Å²) in [6.07, 6.45) is 0. The summed E-state index contributed by atoms with van der Waals surface area (Å²) in [7, 11) is 0. The fraction of sp³-hybridized carbons (Fsp3) is 0.0714. The Morgan fingerprint density at radius 1 is 1.11 bits per heavy atom. The van der Waals surface area contributed by atoms with Crippen LogP contribution in [0.5, 0.6) is 0 Å². The fourth-order valence-corrected chi connectivity index (χ4v) is 2.86. The first-order chi connectivity index (χ1) is 9.15. The zero-order valence-electron chi connectivity index (χ0n) is 9.78. The molecule has 0 atom stereocenters. The summed E-state index contributed by atoms with van der Waals surface area (Å²) in [5.41, 5.74) is 1.90. The zero-order chi connectivity index (χ0) is 13.4. The van der Waals surface area contributed by atoms with E-state index in [1.54, 1.807) is 10.7 Å². The summed E-state index contributed by atoms with van der Waals surface area (Å²) in [5, 5.41) is 5.31. The number of hydrogen-bond acceptors (Lipinski definition) is 1. The second-order valence-corrected chi connectivity index (χ2v) is 5.82. The summed E-state index contributed by atoms with van der Waals surface area (Å²) in [6, 6.07) is 13.2. The molecule has 0 bridgehead atoms. The van der Waals surface area contributed by atoms with Crippen molar-refractivity contribution in [1.29, 1.82) is 0 Å². The molecule has 3 rings (SSSR count). The van der Waals surface area contributed by atoms with Gasteiger partial charge in [-0.25, -0.2) is 4.39 Å². The fourth-order valence-electron chi connectivity index (χ4n) is 2.01. The van der Waals surface area contributed by atoms with Gasteiger partial charge in [0.2, 0.25) is 0 Å². The van der Waals surface area contributed by atoms with Crippen molar-refractivity contribution in [1.82, 2.24) is 9.78 Å². The highest BCUT2D eigenvalue weighted by Gasteiger charge is 2.12. The summed E-state index contributed by atoms with van der Waals surface area (Å²) in [4.78, 5) is 0. The molecule has 96 valence electrons. The van der Waals surface area contributed by atoms with Crippen LogP contribution in [0.25, 0.3) is 10.9 Å². The van der Waals surface area contributed by atoms with Gasteiger partial charge in [-0.05, 0) is 43.5 Å². The maximum absolute atomic E-state index is 13.7. The average Bonchev–Trinajstić information content (AvgIpc) is 2.68. The minimum atomic E-state index is -0.283. The summed E-state index contributed by atoms with van der Waals surface area (Å²) in [6.45, 7) is 0.615. The molecule has 3 aromatic rings. The molecular formula is C14H9Br2FN2. The zero-order valence-corrected chi connectivity index (χ0v) is 12.9. The lowest BCUT2D eigenvalue weighted by Gasteiger charge is -2.04. The third kappa shape index (κ3) is 2.44. The molecule has 0 saturated carbocycles. The number of rotatable bonds is 2. The van der Waals surface area contributed by atoms with E-state index < -0.39 is 0 Å². The first-order valence-electron chi connectivity index (χ1n) is 5.70. The van der Waals surface area contributed by atoms with Gasteiger partial charge in [0.05, 0.1) is 16.5 Å². The second kappa shape index (κ2) is 5.06. The van der Waals surface area contributed by atoms with Crippen LogP contribution >= 0.6 is 31.9 Å². The van der Waals surface area contributed by atoms with Gasteiger partial charge in [-0.3, -0.25) is 4.68 Å². The van der Waals surface area contributed by atoms with E-state index in [4.69, 9.17) is 0 Å². The van der Waals surface area contributed by atoms with Crippen LogP contribution in [0.3, 0.4) is 0 Å². The molecule has 0 unspecified atom stereocenters. The predicted molar refractivity (Wildman–Crippen MR) is 80.6 cm³/mol. The standard InChI is InChI=1S/C14H9Br2FN2/c15-11-6-10-13(7-12(11)17)19(18-14(10)16)8-9-4-2-1-3-5-9/h1-7H,8H2. The Morgan fingerprint density at radius 3 is 2.58 bits per heavy atom. The Morgan fingerprint density at radius 2 is 1.84 bits per heavy atom. The SMILES string of the molecule is Fc1cc2c(cc1Br)c(Br)nn2Cc1ccccc1. The minimum Gasteiger partial charge on any atom is -0.259 e. The van der Waals surface area contributed by atoms with E-state index in [0.717, 1.165) is 21.1 Å². The van der Waals surface area contributed by atoms with Crippen LogP contribution in [0, 0.1) is 5.82 Å². The molecule has 0 aliphatic rings. The Labute approximate surface area is 126 Å². The van der Waals surface area contributed by atoms with Crippen LogP contribution in [0.1, 0.15) is 5.56 Å². The summed E-state index contributed by atoms with van der Waals surface area (Å²) >= 11 is 6.61. The number of halogens is 3. The lowest BCUT2D eigenvalue weighted by Crippen LogP contribution is -2.01. The highest BCUT2D eigenvalue weighted by atomic mass is 79.9. The highest BCUT2D eigenvalue weighted by molar-refractivity contribution is 9.11. The average molecular weight is 384 g/mol. The lowest BCUT2D eigenvalue weighted by molar-refractivity contribution is 0.620. The van der Waals surface area contributed by atoms with Crippen molar-refractivity contribution in [2.24, 2.45) is 0 Å². The molecule has 2 nitrogen and oxygen atoms in total. The third-order valence-electron chi connectivity index (χ3n) is 2.92. The minimum absolute atomic E-state index is 0.283. The molecule has 0 amide bonds. The van der Waals surface area contributed by atoms with E-state index in [1.165, 1.54) is 6.07 Å². The largest absolute Gasteiger partial charge is 0.259 e. The first kappa shape index (κ1) is 12.8. The number of benzene rings is 2. The topological polar surface area (TPSA) is 17.8 Å². The van der Waals surface area contributed by atoms with Crippen molar-refractivity contribution in [3.05, 3.63) is 62.9 Å². The number of nitrogens with zero attached hydrogens (tertiary/aromatic N) is 2. The smallest absolute Gasteiger partial charge is 0.139 e. The van der Waals surface area contributed by atoms with E-state index in [0.29, 0.717) is 11.0 Å². The summed E-state index contributed by atoms with van der Waals surface area (Å²) in [5.74, 6) is -0.283. The molecule has 2 aromatic carbocycles. The molecule has 0 spiro atoms. The normalized spacial score (nSPS) is 11.1. The Balaban J connectivity index is 2.12. The molecular weight excluding hydrogens is 375 g/mol.